The molecular formula is C24H22Cl4N4O5. The lowest BCUT2D eigenvalue weighted by atomic mass is 10.1. The van der Waals surface area contributed by atoms with E-state index >= 15 is 0 Å². The Kier molecular flexibility index (Phi) is 10.2. The molecule has 0 bridgehead atoms. The van der Waals surface area contributed by atoms with Crippen molar-refractivity contribution in [1.82, 2.24) is 10.5 Å². The van der Waals surface area contributed by atoms with Crippen LogP contribution >= 0.6 is 46.4 Å². The standard InChI is InChI=1S/C24H22Cl4N4O5/c25-15-5-2-6-16(26)21(15)18-12-19(37-31-18)13-3-1-4-14(11-13)32(24(36)22(27)28)10-9-30-23(35)17(29)7-8-20(33)34/h1-6,11-12,17,22H,7-10,29H2,(H,30,35)(H,33,34). The van der Waals surface area contributed by atoms with Crippen LogP contribution in [0.25, 0.3) is 22.6 Å². The van der Waals surface area contributed by atoms with Gasteiger partial charge in [0.15, 0.2) is 10.6 Å². The van der Waals surface area contributed by atoms with Gasteiger partial charge in [-0.1, -0.05) is 69.8 Å². The number of hydrogen-bond acceptors (Lipinski definition) is 6. The first-order valence-electron chi connectivity index (χ1n) is 10.9. The summed E-state index contributed by atoms with van der Waals surface area (Å²) >= 11 is 24.2. The lowest BCUT2D eigenvalue weighted by Crippen LogP contribution is -2.45. The lowest BCUT2D eigenvalue weighted by molar-refractivity contribution is -0.137. The van der Waals surface area contributed by atoms with Crippen LogP contribution in [0.4, 0.5) is 5.69 Å². The van der Waals surface area contributed by atoms with E-state index in [1.165, 1.54) is 4.90 Å². The highest BCUT2D eigenvalue weighted by Gasteiger charge is 2.23. The van der Waals surface area contributed by atoms with Crippen molar-refractivity contribution in [3.63, 3.8) is 0 Å². The molecule has 4 N–H and O–H groups in total. The third-order valence-corrected chi connectivity index (χ3v) is 6.27. The highest BCUT2D eigenvalue weighted by atomic mass is 35.5. The molecule has 0 fully saturated rings. The minimum absolute atomic E-state index is 0.0180. The second-order valence-electron chi connectivity index (χ2n) is 7.84. The summed E-state index contributed by atoms with van der Waals surface area (Å²) in [5.41, 5.74) is 7.71. The first-order chi connectivity index (χ1) is 17.6. The molecule has 9 nitrogen and oxygen atoms in total. The smallest absolute Gasteiger partial charge is 0.303 e. The number of aromatic nitrogens is 1. The fourth-order valence-corrected chi connectivity index (χ4v) is 4.24. The van der Waals surface area contributed by atoms with Crippen LogP contribution in [0.15, 0.2) is 53.1 Å². The summed E-state index contributed by atoms with van der Waals surface area (Å²) < 4.78 is 5.50. The number of nitrogens with zero attached hydrogens (tertiary/aromatic N) is 2. The molecule has 1 unspecified atom stereocenters. The van der Waals surface area contributed by atoms with E-state index in [1.54, 1.807) is 48.5 Å². The minimum Gasteiger partial charge on any atom is -0.481 e. The highest BCUT2D eigenvalue weighted by Crippen LogP contribution is 2.36. The first kappa shape index (κ1) is 28.7. The van der Waals surface area contributed by atoms with Gasteiger partial charge in [0, 0.05) is 42.4 Å². The molecule has 2 amide bonds. The first-order valence-corrected chi connectivity index (χ1v) is 12.6. The van der Waals surface area contributed by atoms with Crippen LogP contribution in [0.2, 0.25) is 10.0 Å². The summed E-state index contributed by atoms with van der Waals surface area (Å²) in [5, 5.41) is 16.2. The van der Waals surface area contributed by atoms with Crippen LogP contribution in [0.5, 0.6) is 0 Å². The summed E-state index contributed by atoms with van der Waals surface area (Å²) in [7, 11) is 0. The van der Waals surface area contributed by atoms with Gasteiger partial charge in [0.05, 0.1) is 16.1 Å². The Morgan fingerprint density at radius 3 is 2.41 bits per heavy atom. The fourth-order valence-electron chi connectivity index (χ4n) is 3.42. The highest BCUT2D eigenvalue weighted by molar-refractivity contribution is 6.54. The van der Waals surface area contributed by atoms with Gasteiger partial charge in [-0.25, -0.2) is 0 Å². The number of aliphatic carboxylic acids is 1. The molecule has 13 heteroatoms. The van der Waals surface area contributed by atoms with Crippen molar-refractivity contribution in [2.45, 2.75) is 23.7 Å². The van der Waals surface area contributed by atoms with Crippen LogP contribution in [0.1, 0.15) is 12.8 Å². The Balaban J connectivity index is 1.78. The number of carboxylic acids is 1. The molecule has 1 atom stereocenters. The summed E-state index contributed by atoms with van der Waals surface area (Å²) in [5.74, 6) is -1.80. The number of nitrogens with one attached hydrogen (secondary N) is 1. The third kappa shape index (κ3) is 7.59. The van der Waals surface area contributed by atoms with E-state index in [9.17, 15) is 14.4 Å². The Morgan fingerprint density at radius 2 is 1.76 bits per heavy atom. The van der Waals surface area contributed by atoms with Gasteiger partial charge in [0.1, 0.15) is 5.69 Å². The van der Waals surface area contributed by atoms with Gasteiger partial charge in [0.2, 0.25) is 5.91 Å². The number of hydrogen-bond donors (Lipinski definition) is 3. The van der Waals surface area contributed by atoms with Crippen molar-refractivity contribution in [1.29, 1.82) is 0 Å². The maximum Gasteiger partial charge on any atom is 0.303 e. The average molecular weight is 588 g/mol. The molecular weight excluding hydrogens is 566 g/mol. The Hall–Kier alpha value is -2.82. The van der Waals surface area contributed by atoms with E-state index in [2.05, 4.69) is 10.5 Å². The number of carbonyl (C=O) groups excluding carboxylic acids is 2. The molecule has 0 radical (unpaired) electrons. The molecule has 196 valence electrons. The number of nitrogens with two attached hydrogens (primary N) is 1. The molecule has 1 heterocycles. The molecule has 0 aliphatic rings. The Labute approximate surface area is 232 Å². The van der Waals surface area contributed by atoms with Crippen LogP contribution in [0.3, 0.4) is 0 Å². The van der Waals surface area contributed by atoms with Crippen molar-refractivity contribution in [3.8, 4) is 22.6 Å². The van der Waals surface area contributed by atoms with Crippen molar-refractivity contribution in [3.05, 3.63) is 58.6 Å². The molecule has 1 aromatic heterocycles. The summed E-state index contributed by atoms with van der Waals surface area (Å²) in [6.07, 6.45) is -0.256. The molecule has 0 aliphatic heterocycles. The van der Waals surface area contributed by atoms with Crippen molar-refractivity contribution in [2.24, 2.45) is 5.73 Å². The van der Waals surface area contributed by atoms with Gasteiger partial charge in [-0.05, 0) is 30.7 Å². The molecule has 0 saturated carbocycles. The van der Waals surface area contributed by atoms with Crippen LogP contribution in [-0.4, -0.2) is 52.0 Å². The van der Waals surface area contributed by atoms with Gasteiger partial charge in [-0.15, -0.1) is 0 Å². The number of amides is 2. The predicted molar refractivity (Wildman–Crippen MR) is 143 cm³/mol. The van der Waals surface area contributed by atoms with Crippen LogP contribution < -0.4 is 16.0 Å². The number of anilines is 1. The SMILES string of the molecule is NC(CCC(=O)O)C(=O)NCCN(C(=O)C(Cl)Cl)c1cccc(-c2cc(-c3c(Cl)cccc3Cl)no2)c1. The summed E-state index contributed by atoms with van der Waals surface area (Å²) in [4.78, 5) is 35.5. The topological polar surface area (TPSA) is 139 Å². The van der Waals surface area contributed by atoms with Crippen molar-refractivity contribution >= 4 is 69.9 Å². The number of carbonyl (C=O) groups is 3. The number of halogens is 4. The van der Waals surface area contributed by atoms with Crippen molar-refractivity contribution < 1.29 is 24.0 Å². The molecule has 0 spiro atoms. The second-order valence-corrected chi connectivity index (χ2v) is 9.75. The Morgan fingerprint density at radius 1 is 1.08 bits per heavy atom. The molecule has 37 heavy (non-hydrogen) atoms. The van der Waals surface area contributed by atoms with E-state index in [0.717, 1.165) is 0 Å². The maximum absolute atomic E-state index is 12.7. The number of carboxylic acid groups (broad SMARTS) is 1. The quantitative estimate of drug-likeness (QED) is 0.275. The average Bonchev–Trinajstić information content (AvgIpc) is 3.34. The van der Waals surface area contributed by atoms with Gasteiger partial charge in [-0.3, -0.25) is 14.4 Å². The zero-order chi connectivity index (χ0) is 27.1. The third-order valence-electron chi connectivity index (χ3n) is 5.26. The maximum atomic E-state index is 12.7. The fraction of sp³-hybridized carbons (Fsp3) is 0.250. The Bertz CT molecular complexity index is 1260. The predicted octanol–water partition coefficient (Wildman–Crippen LogP) is 4.76. The van der Waals surface area contributed by atoms with Gasteiger partial charge < -0.3 is 25.6 Å². The number of benzene rings is 2. The van der Waals surface area contributed by atoms with Crippen molar-refractivity contribution in [2.75, 3.05) is 18.0 Å². The van der Waals surface area contributed by atoms with Crippen LogP contribution in [-0.2, 0) is 14.4 Å². The summed E-state index contributed by atoms with van der Waals surface area (Å²) in [6.45, 7) is 0.0417. The normalized spacial score (nSPS) is 11.8. The van der Waals surface area contributed by atoms with Gasteiger partial charge in [-0.2, -0.15) is 0 Å². The van der Waals surface area contributed by atoms with Gasteiger partial charge >= 0.3 is 5.97 Å². The van der Waals surface area contributed by atoms with Crippen LogP contribution in [0, 0.1) is 0 Å². The lowest BCUT2D eigenvalue weighted by Gasteiger charge is -2.24. The monoisotopic (exact) mass is 586 g/mol. The summed E-state index contributed by atoms with van der Waals surface area (Å²) in [6, 6.07) is 12.6. The number of alkyl halides is 2. The molecule has 3 rings (SSSR count). The van der Waals surface area contributed by atoms with E-state index in [0.29, 0.717) is 38.3 Å². The molecule has 0 aliphatic carbocycles. The van der Waals surface area contributed by atoms with E-state index in [4.69, 9.17) is 61.8 Å². The zero-order valence-corrected chi connectivity index (χ0v) is 22.2. The van der Waals surface area contributed by atoms with E-state index in [1.807, 2.05) is 0 Å². The molecule has 0 saturated heterocycles. The number of rotatable bonds is 11. The zero-order valence-electron chi connectivity index (χ0n) is 19.2. The largest absolute Gasteiger partial charge is 0.481 e. The van der Waals surface area contributed by atoms with Gasteiger partial charge in [0.25, 0.3) is 5.91 Å². The van der Waals surface area contributed by atoms with E-state index in [-0.39, 0.29) is 25.9 Å². The van der Waals surface area contributed by atoms with E-state index < -0.39 is 28.7 Å². The second kappa shape index (κ2) is 13.1. The molecule has 2 aromatic carbocycles. The molecule has 3 aromatic rings. The minimum atomic E-state index is -1.35.